The van der Waals surface area contributed by atoms with Crippen molar-refractivity contribution < 1.29 is 4.79 Å². The fourth-order valence-corrected chi connectivity index (χ4v) is 3.57. The van der Waals surface area contributed by atoms with E-state index in [1.165, 1.54) is 11.1 Å². The van der Waals surface area contributed by atoms with Gasteiger partial charge in [-0.15, -0.1) is 0 Å². The van der Waals surface area contributed by atoms with Crippen LogP contribution < -0.4 is 5.32 Å². The van der Waals surface area contributed by atoms with Crippen LogP contribution in [0.1, 0.15) is 28.2 Å². The fraction of sp³-hybridized carbons (Fsp3) is 0.238. The zero-order valence-corrected chi connectivity index (χ0v) is 15.0. The smallest absolute Gasteiger partial charge is 0.319 e. The average molecular weight is 346 g/mol. The lowest BCUT2D eigenvalue weighted by Crippen LogP contribution is -2.41. The zero-order chi connectivity index (χ0) is 18.1. The molecule has 26 heavy (non-hydrogen) atoms. The molecule has 4 rings (SSSR count). The highest BCUT2D eigenvalue weighted by atomic mass is 16.2. The molecule has 1 atom stereocenters. The number of fused-ring (bicyclic) bond motifs is 1. The summed E-state index contributed by atoms with van der Waals surface area (Å²) in [6.07, 6.45) is 3.92. The van der Waals surface area contributed by atoms with Crippen LogP contribution in [0.15, 0.2) is 60.9 Å². The van der Waals surface area contributed by atoms with E-state index in [-0.39, 0.29) is 11.9 Å². The van der Waals surface area contributed by atoms with Gasteiger partial charge in [-0.05, 0) is 35.2 Å². The van der Waals surface area contributed by atoms with Crippen LogP contribution in [-0.2, 0) is 13.6 Å². The Hall–Kier alpha value is -3.08. The second kappa shape index (κ2) is 6.67. The Morgan fingerprint density at radius 2 is 1.92 bits per heavy atom. The summed E-state index contributed by atoms with van der Waals surface area (Å²) in [5, 5.41) is 7.37. The van der Waals surface area contributed by atoms with E-state index in [0.29, 0.717) is 13.1 Å². The molecule has 1 aliphatic heterocycles. The van der Waals surface area contributed by atoms with Crippen molar-refractivity contribution in [2.24, 2.45) is 7.05 Å². The SMILES string of the molecule is Cc1ccccc1NC(=O)N1Cc2ccccc2C(c2cnn(C)c2)C1. The number of nitrogens with one attached hydrogen (secondary N) is 1. The van der Waals surface area contributed by atoms with Crippen molar-refractivity contribution in [3.63, 3.8) is 0 Å². The molecule has 5 heteroatoms. The molecule has 2 aromatic carbocycles. The molecular weight excluding hydrogens is 324 g/mol. The third-order valence-electron chi connectivity index (χ3n) is 5.00. The number of aromatic nitrogens is 2. The highest BCUT2D eigenvalue weighted by molar-refractivity contribution is 5.90. The van der Waals surface area contributed by atoms with E-state index in [4.69, 9.17) is 0 Å². The van der Waals surface area contributed by atoms with Crippen LogP contribution in [0.5, 0.6) is 0 Å². The first-order valence-corrected chi connectivity index (χ1v) is 8.80. The molecule has 2 amide bonds. The standard InChI is InChI=1S/C21H22N4O/c1-15-7-3-6-10-20(15)23-21(26)25-13-16-8-4-5-9-18(16)19(14-25)17-11-22-24(2)12-17/h3-12,19H,13-14H2,1-2H3,(H,23,26). The van der Waals surface area contributed by atoms with Crippen LogP contribution >= 0.6 is 0 Å². The monoisotopic (exact) mass is 346 g/mol. The number of nitrogens with zero attached hydrogens (tertiary/aromatic N) is 3. The summed E-state index contributed by atoms with van der Waals surface area (Å²) < 4.78 is 1.81. The van der Waals surface area contributed by atoms with Crippen molar-refractivity contribution in [3.8, 4) is 0 Å². The van der Waals surface area contributed by atoms with Crippen LogP contribution in [0.25, 0.3) is 0 Å². The van der Waals surface area contributed by atoms with E-state index >= 15 is 0 Å². The van der Waals surface area contributed by atoms with Gasteiger partial charge in [-0.3, -0.25) is 4.68 Å². The topological polar surface area (TPSA) is 50.2 Å². The van der Waals surface area contributed by atoms with Crippen LogP contribution in [0.3, 0.4) is 0 Å². The van der Waals surface area contributed by atoms with Gasteiger partial charge in [0.2, 0.25) is 0 Å². The average Bonchev–Trinajstić information content (AvgIpc) is 3.09. The van der Waals surface area contributed by atoms with Crippen LogP contribution in [0.2, 0.25) is 0 Å². The number of carbonyl (C=O) groups excluding carboxylic acids is 1. The summed E-state index contributed by atoms with van der Waals surface area (Å²) in [5.41, 5.74) is 5.51. The first kappa shape index (κ1) is 16.4. The van der Waals surface area contributed by atoms with Crippen molar-refractivity contribution >= 4 is 11.7 Å². The van der Waals surface area contributed by atoms with Gasteiger partial charge < -0.3 is 10.2 Å². The molecule has 0 bridgehead atoms. The molecule has 0 fully saturated rings. The van der Waals surface area contributed by atoms with Gasteiger partial charge >= 0.3 is 6.03 Å². The lowest BCUT2D eigenvalue weighted by atomic mass is 9.86. The van der Waals surface area contributed by atoms with E-state index < -0.39 is 0 Å². The number of benzene rings is 2. The molecular formula is C21H22N4O. The zero-order valence-electron chi connectivity index (χ0n) is 15.0. The minimum absolute atomic E-state index is 0.0670. The third-order valence-corrected chi connectivity index (χ3v) is 5.00. The molecule has 2 heterocycles. The molecule has 1 N–H and O–H groups in total. The number of amides is 2. The molecule has 1 unspecified atom stereocenters. The van der Waals surface area contributed by atoms with Gasteiger partial charge in [0.25, 0.3) is 0 Å². The van der Waals surface area contributed by atoms with Crippen LogP contribution in [0.4, 0.5) is 10.5 Å². The Morgan fingerprint density at radius 3 is 2.69 bits per heavy atom. The number of urea groups is 1. The predicted molar refractivity (Wildman–Crippen MR) is 102 cm³/mol. The van der Waals surface area contributed by atoms with Crippen molar-refractivity contribution in [1.29, 1.82) is 0 Å². The Kier molecular flexibility index (Phi) is 4.21. The van der Waals surface area contributed by atoms with E-state index in [1.54, 1.807) is 0 Å². The van der Waals surface area contributed by atoms with Gasteiger partial charge in [0.15, 0.2) is 0 Å². The molecule has 0 radical (unpaired) electrons. The van der Waals surface area contributed by atoms with Crippen molar-refractivity contribution in [3.05, 3.63) is 83.2 Å². The van der Waals surface area contributed by atoms with Gasteiger partial charge in [0, 0.05) is 37.9 Å². The summed E-state index contributed by atoms with van der Waals surface area (Å²) in [7, 11) is 1.92. The molecule has 5 nitrogen and oxygen atoms in total. The van der Waals surface area contributed by atoms with Crippen LogP contribution in [-0.4, -0.2) is 27.3 Å². The minimum atomic E-state index is -0.0670. The quantitative estimate of drug-likeness (QED) is 0.765. The number of hydrogen-bond donors (Lipinski definition) is 1. The van der Waals surface area contributed by atoms with Crippen molar-refractivity contribution in [2.75, 3.05) is 11.9 Å². The first-order valence-electron chi connectivity index (χ1n) is 8.80. The highest BCUT2D eigenvalue weighted by Crippen LogP contribution is 2.33. The number of aryl methyl sites for hydroxylation is 2. The van der Waals surface area contributed by atoms with Crippen molar-refractivity contribution in [2.45, 2.75) is 19.4 Å². The highest BCUT2D eigenvalue weighted by Gasteiger charge is 2.29. The molecule has 132 valence electrons. The van der Waals surface area contributed by atoms with E-state index in [9.17, 15) is 4.79 Å². The summed E-state index contributed by atoms with van der Waals surface area (Å²) in [5.74, 6) is 0.135. The van der Waals surface area contributed by atoms with Gasteiger partial charge in [-0.2, -0.15) is 5.10 Å². The Labute approximate surface area is 153 Å². The molecule has 0 saturated heterocycles. The second-order valence-electron chi connectivity index (χ2n) is 6.82. The largest absolute Gasteiger partial charge is 0.322 e. The van der Waals surface area contributed by atoms with Gasteiger partial charge in [-0.1, -0.05) is 42.5 Å². The number of anilines is 1. The number of para-hydroxylation sites is 1. The summed E-state index contributed by atoms with van der Waals surface area (Å²) >= 11 is 0. The fourth-order valence-electron chi connectivity index (χ4n) is 3.57. The Morgan fingerprint density at radius 1 is 1.15 bits per heavy atom. The molecule has 0 spiro atoms. The number of carbonyl (C=O) groups is 1. The molecule has 0 saturated carbocycles. The van der Waals surface area contributed by atoms with Gasteiger partial charge in [-0.25, -0.2) is 4.79 Å². The molecule has 1 aliphatic rings. The van der Waals surface area contributed by atoms with E-state index in [2.05, 4.69) is 28.6 Å². The predicted octanol–water partition coefficient (Wildman–Crippen LogP) is 3.91. The third kappa shape index (κ3) is 3.08. The maximum atomic E-state index is 12.9. The van der Waals surface area contributed by atoms with Gasteiger partial charge in [0.1, 0.15) is 0 Å². The summed E-state index contributed by atoms with van der Waals surface area (Å²) in [6, 6.07) is 16.1. The second-order valence-corrected chi connectivity index (χ2v) is 6.82. The normalized spacial score (nSPS) is 16.2. The van der Waals surface area contributed by atoms with E-state index in [1.807, 2.05) is 66.3 Å². The lowest BCUT2D eigenvalue weighted by molar-refractivity contribution is 0.203. The maximum absolute atomic E-state index is 12.9. The summed E-state index contributed by atoms with van der Waals surface area (Å²) in [4.78, 5) is 14.8. The maximum Gasteiger partial charge on any atom is 0.322 e. The Bertz CT molecular complexity index is 946. The van der Waals surface area contributed by atoms with Crippen LogP contribution in [0, 0.1) is 6.92 Å². The van der Waals surface area contributed by atoms with E-state index in [0.717, 1.165) is 16.8 Å². The van der Waals surface area contributed by atoms with Crippen molar-refractivity contribution in [1.82, 2.24) is 14.7 Å². The summed E-state index contributed by atoms with van der Waals surface area (Å²) in [6.45, 7) is 3.25. The first-order chi connectivity index (χ1) is 12.6. The molecule has 3 aromatic rings. The number of hydrogen-bond acceptors (Lipinski definition) is 2. The number of rotatable bonds is 2. The van der Waals surface area contributed by atoms with Gasteiger partial charge in [0.05, 0.1) is 6.20 Å². The minimum Gasteiger partial charge on any atom is -0.319 e. The lowest BCUT2D eigenvalue weighted by Gasteiger charge is -2.34. The molecule has 1 aromatic heterocycles. The Balaban J connectivity index is 1.62. The molecule has 0 aliphatic carbocycles.